The van der Waals surface area contributed by atoms with Crippen LogP contribution in [0, 0.1) is 0 Å². The van der Waals surface area contributed by atoms with Crippen molar-refractivity contribution in [2.45, 2.75) is 19.1 Å². The summed E-state index contributed by atoms with van der Waals surface area (Å²) in [7, 11) is 1.98. The molecule has 1 aromatic heterocycles. The molecular weight excluding hydrogens is 276 g/mol. The summed E-state index contributed by atoms with van der Waals surface area (Å²) < 4.78 is 1.09. The van der Waals surface area contributed by atoms with Crippen molar-refractivity contribution in [1.82, 2.24) is 4.90 Å². The van der Waals surface area contributed by atoms with E-state index < -0.39 is 0 Å². The molecule has 0 aliphatic carbocycles. The Morgan fingerprint density at radius 3 is 2.73 bits per heavy atom. The molecule has 1 rings (SSSR count). The largest absolute Gasteiger partial charge is 0.392 e. The van der Waals surface area contributed by atoms with Gasteiger partial charge in [0, 0.05) is 27.8 Å². The number of rotatable bonds is 5. The van der Waals surface area contributed by atoms with Crippen molar-refractivity contribution < 1.29 is 5.11 Å². The SMILES string of the molecule is CC(O)CN(C)C(CN)c1cc(Br)cs1. The summed E-state index contributed by atoms with van der Waals surface area (Å²) >= 11 is 5.12. The zero-order chi connectivity index (χ0) is 11.4. The van der Waals surface area contributed by atoms with Gasteiger partial charge in [-0.15, -0.1) is 11.3 Å². The molecular formula is C10H17BrN2OS. The normalized spacial score (nSPS) is 15.6. The van der Waals surface area contributed by atoms with E-state index in [0.29, 0.717) is 13.1 Å². The highest BCUT2D eigenvalue weighted by atomic mass is 79.9. The van der Waals surface area contributed by atoms with Gasteiger partial charge >= 0.3 is 0 Å². The van der Waals surface area contributed by atoms with Gasteiger partial charge in [-0.3, -0.25) is 4.90 Å². The topological polar surface area (TPSA) is 49.5 Å². The van der Waals surface area contributed by atoms with Crippen LogP contribution in [0.5, 0.6) is 0 Å². The lowest BCUT2D eigenvalue weighted by atomic mass is 10.2. The highest BCUT2D eigenvalue weighted by molar-refractivity contribution is 9.10. The number of hydrogen-bond donors (Lipinski definition) is 2. The second-order valence-electron chi connectivity index (χ2n) is 3.71. The van der Waals surface area contributed by atoms with Crippen LogP contribution in [-0.4, -0.2) is 36.2 Å². The minimum absolute atomic E-state index is 0.191. The molecule has 0 aliphatic rings. The van der Waals surface area contributed by atoms with Crippen LogP contribution in [-0.2, 0) is 0 Å². The van der Waals surface area contributed by atoms with Crippen LogP contribution in [0.3, 0.4) is 0 Å². The number of aliphatic hydroxyl groups is 1. The second-order valence-corrected chi connectivity index (χ2v) is 5.57. The first kappa shape index (κ1) is 13.1. The van der Waals surface area contributed by atoms with Crippen molar-refractivity contribution in [2.24, 2.45) is 5.73 Å². The minimum atomic E-state index is -0.326. The first-order valence-electron chi connectivity index (χ1n) is 4.87. The fourth-order valence-corrected chi connectivity index (χ4v) is 3.18. The van der Waals surface area contributed by atoms with Gasteiger partial charge in [0.15, 0.2) is 0 Å². The predicted molar refractivity (Wildman–Crippen MR) is 68.1 cm³/mol. The fraction of sp³-hybridized carbons (Fsp3) is 0.600. The predicted octanol–water partition coefficient (Wildman–Crippen LogP) is 1.82. The first-order valence-corrected chi connectivity index (χ1v) is 6.54. The quantitative estimate of drug-likeness (QED) is 0.870. The van der Waals surface area contributed by atoms with Crippen LogP contribution < -0.4 is 5.73 Å². The number of likely N-dealkylation sites (N-methyl/N-ethyl adjacent to an activating group) is 1. The van der Waals surface area contributed by atoms with Gasteiger partial charge in [-0.05, 0) is 36.0 Å². The van der Waals surface area contributed by atoms with Crippen molar-refractivity contribution in [3.8, 4) is 0 Å². The average Bonchev–Trinajstić information content (AvgIpc) is 2.51. The van der Waals surface area contributed by atoms with Gasteiger partial charge in [0.05, 0.1) is 12.1 Å². The molecule has 3 nitrogen and oxygen atoms in total. The van der Waals surface area contributed by atoms with E-state index in [0.717, 1.165) is 4.47 Å². The maximum absolute atomic E-state index is 9.33. The highest BCUT2D eigenvalue weighted by Gasteiger charge is 2.18. The van der Waals surface area contributed by atoms with Crippen LogP contribution in [0.1, 0.15) is 17.8 Å². The summed E-state index contributed by atoms with van der Waals surface area (Å²) in [4.78, 5) is 3.32. The number of aliphatic hydroxyl groups excluding tert-OH is 1. The Kier molecular flexibility index (Phi) is 5.22. The summed E-state index contributed by atoms with van der Waals surface area (Å²) in [6.45, 7) is 2.99. The zero-order valence-electron chi connectivity index (χ0n) is 8.98. The molecule has 0 amide bonds. The first-order chi connectivity index (χ1) is 7.04. The van der Waals surface area contributed by atoms with Gasteiger partial charge in [0.25, 0.3) is 0 Å². The molecule has 0 saturated carbocycles. The van der Waals surface area contributed by atoms with Crippen LogP contribution in [0.25, 0.3) is 0 Å². The number of thiophene rings is 1. The molecule has 0 fully saturated rings. The molecule has 2 unspecified atom stereocenters. The molecule has 0 aromatic carbocycles. The van der Waals surface area contributed by atoms with Crippen LogP contribution in [0.15, 0.2) is 15.9 Å². The number of nitrogens with zero attached hydrogens (tertiary/aromatic N) is 1. The Balaban J connectivity index is 2.70. The van der Waals surface area contributed by atoms with Crippen molar-refractivity contribution in [2.75, 3.05) is 20.1 Å². The van der Waals surface area contributed by atoms with Crippen LogP contribution >= 0.6 is 27.3 Å². The third kappa shape index (κ3) is 3.85. The molecule has 0 radical (unpaired) electrons. The molecule has 0 spiro atoms. The molecule has 3 N–H and O–H groups in total. The summed E-state index contributed by atoms with van der Waals surface area (Å²) in [6, 6.07) is 2.27. The maximum atomic E-state index is 9.33. The smallest absolute Gasteiger partial charge is 0.0639 e. The summed E-state index contributed by atoms with van der Waals surface area (Å²) in [5.74, 6) is 0. The summed E-state index contributed by atoms with van der Waals surface area (Å²) in [5, 5.41) is 11.4. The lowest BCUT2D eigenvalue weighted by molar-refractivity contribution is 0.120. The molecule has 0 aliphatic heterocycles. The molecule has 0 bridgehead atoms. The third-order valence-corrected chi connectivity index (χ3v) is 4.02. The van der Waals surface area contributed by atoms with Crippen LogP contribution in [0.2, 0.25) is 0 Å². The monoisotopic (exact) mass is 292 g/mol. The van der Waals surface area contributed by atoms with Crippen molar-refractivity contribution in [1.29, 1.82) is 0 Å². The minimum Gasteiger partial charge on any atom is -0.392 e. The molecule has 0 saturated heterocycles. The number of halogens is 1. The lowest BCUT2D eigenvalue weighted by Gasteiger charge is -2.27. The summed E-state index contributed by atoms with van der Waals surface area (Å²) in [6.07, 6.45) is -0.326. The van der Waals surface area contributed by atoms with Gasteiger partial charge in [-0.1, -0.05) is 0 Å². The van der Waals surface area contributed by atoms with Gasteiger partial charge in [-0.25, -0.2) is 0 Å². The Morgan fingerprint density at radius 2 is 2.33 bits per heavy atom. The van der Waals surface area contributed by atoms with E-state index in [1.165, 1.54) is 4.88 Å². The number of hydrogen-bond acceptors (Lipinski definition) is 4. The van der Waals surface area contributed by atoms with Crippen molar-refractivity contribution >= 4 is 27.3 Å². The van der Waals surface area contributed by atoms with E-state index in [9.17, 15) is 5.11 Å². The Labute approximate surface area is 103 Å². The lowest BCUT2D eigenvalue weighted by Crippen LogP contribution is -2.34. The molecule has 1 aromatic rings. The molecule has 1 heterocycles. The highest BCUT2D eigenvalue weighted by Crippen LogP contribution is 2.28. The summed E-state index contributed by atoms with van der Waals surface area (Å²) in [5.41, 5.74) is 5.76. The van der Waals surface area contributed by atoms with Gasteiger partial charge < -0.3 is 10.8 Å². The number of nitrogens with two attached hydrogens (primary N) is 1. The van der Waals surface area contributed by atoms with E-state index >= 15 is 0 Å². The van der Waals surface area contributed by atoms with E-state index in [2.05, 4.69) is 26.9 Å². The Bertz CT molecular complexity index is 303. The van der Waals surface area contributed by atoms with Crippen LogP contribution in [0.4, 0.5) is 0 Å². The Hall–Kier alpha value is 0.0600. The molecule has 2 atom stereocenters. The maximum Gasteiger partial charge on any atom is 0.0639 e. The zero-order valence-corrected chi connectivity index (χ0v) is 11.4. The fourth-order valence-electron chi connectivity index (χ4n) is 1.56. The standard InChI is InChI=1S/C10H17BrN2OS/c1-7(14)5-13(2)9(4-12)10-3-8(11)6-15-10/h3,6-7,9,14H,4-5,12H2,1-2H3. The average molecular weight is 293 g/mol. The van der Waals surface area contributed by atoms with Crippen molar-refractivity contribution in [3.63, 3.8) is 0 Å². The van der Waals surface area contributed by atoms with E-state index in [-0.39, 0.29) is 12.1 Å². The van der Waals surface area contributed by atoms with Gasteiger partial charge in [0.1, 0.15) is 0 Å². The molecule has 86 valence electrons. The Morgan fingerprint density at radius 1 is 1.67 bits per heavy atom. The van der Waals surface area contributed by atoms with Crippen molar-refractivity contribution in [3.05, 3.63) is 20.8 Å². The molecule has 5 heteroatoms. The van der Waals surface area contributed by atoms with E-state index in [1.54, 1.807) is 18.3 Å². The molecule has 15 heavy (non-hydrogen) atoms. The van der Waals surface area contributed by atoms with E-state index in [1.807, 2.05) is 12.4 Å². The van der Waals surface area contributed by atoms with E-state index in [4.69, 9.17) is 5.73 Å². The van der Waals surface area contributed by atoms with Gasteiger partial charge in [-0.2, -0.15) is 0 Å². The second kappa shape index (κ2) is 5.96. The van der Waals surface area contributed by atoms with Gasteiger partial charge in [0.2, 0.25) is 0 Å². The third-order valence-electron chi connectivity index (χ3n) is 2.22.